The Labute approximate surface area is 111 Å². The molecule has 3 heteroatoms. The van der Waals surface area contributed by atoms with Crippen LogP contribution in [0.25, 0.3) is 0 Å². The van der Waals surface area contributed by atoms with Gasteiger partial charge < -0.3 is 4.90 Å². The Bertz CT molecular complexity index is 316. The van der Waals surface area contributed by atoms with E-state index in [0.29, 0.717) is 23.8 Å². The highest BCUT2D eigenvalue weighted by molar-refractivity contribution is 5.84. The van der Waals surface area contributed by atoms with Gasteiger partial charge in [0.1, 0.15) is 0 Å². The minimum absolute atomic E-state index is 0.00291. The number of nitrogens with one attached hydrogen (secondary N) is 1. The van der Waals surface area contributed by atoms with Gasteiger partial charge in [-0.25, -0.2) is 0 Å². The van der Waals surface area contributed by atoms with E-state index in [1.807, 2.05) is 6.92 Å². The second-order valence-corrected chi connectivity index (χ2v) is 6.76. The molecule has 1 N–H and O–H groups in total. The van der Waals surface area contributed by atoms with E-state index in [-0.39, 0.29) is 12.2 Å². The van der Waals surface area contributed by atoms with Crippen LogP contribution in [0.1, 0.15) is 53.9 Å². The van der Waals surface area contributed by atoms with Gasteiger partial charge in [0.25, 0.3) is 0 Å². The zero-order valence-electron chi connectivity index (χ0n) is 12.4. The topological polar surface area (TPSA) is 32.3 Å². The maximum absolute atomic E-state index is 12.4. The lowest BCUT2D eigenvalue weighted by molar-refractivity contribution is -0.133. The Hall–Kier alpha value is -0.570. The number of hydrogen-bond donors (Lipinski definition) is 1. The van der Waals surface area contributed by atoms with Crippen molar-refractivity contribution in [2.24, 2.45) is 17.8 Å². The third-order valence-electron chi connectivity index (χ3n) is 4.88. The Morgan fingerprint density at radius 3 is 2.44 bits per heavy atom. The third kappa shape index (κ3) is 2.42. The van der Waals surface area contributed by atoms with Gasteiger partial charge in [-0.3, -0.25) is 10.1 Å². The van der Waals surface area contributed by atoms with Crippen LogP contribution in [0.3, 0.4) is 0 Å². The molecule has 104 valence electrons. The van der Waals surface area contributed by atoms with E-state index in [9.17, 15) is 4.79 Å². The molecule has 0 aromatic carbocycles. The second kappa shape index (κ2) is 5.20. The molecule has 2 fully saturated rings. The molecule has 1 heterocycles. The molecule has 1 amide bonds. The standard InChI is InChI=1S/C15H28N2O/c1-9(2)8-14-16-12(5)15(18)17(14)13-7-6-10(3)11(13)4/h9-14,16H,6-8H2,1-5H3. The van der Waals surface area contributed by atoms with E-state index < -0.39 is 0 Å². The van der Waals surface area contributed by atoms with Crippen LogP contribution in [-0.2, 0) is 4.79 Å². The van der Waals surface area contributed by atoms with Crippen LogP contribution < -0.4 is 5.32 Å². The summed E-state index contributed by atoms with van der Waals surface area (Å²) in [5.41, 5.74) is 0. The predicted octanol–water partition coefficient (Wildman–Crippen LogP) is 2.61. The van der Waals surface area contributed by atoms with Crippen molar-refractivity contribution < 1.29 is 4.79 Å². The molecule has 0 radical (unpaired) electrons. The first kappa shape index (κ1) is 13.9. The zero-order chi connectivity index (χ0) is 13.4. The van der Waals surface area contributed by atoms with Crippen LogP contribution in [0.15, 0.2) is 0 Å². The number of carbonyl (C=O) groups is 1. The van der Waals surface area contributed by atoms with Crippen LogP contribution in [0.4, 0.5) is 0 Å². The van der Waals surface area contributed by atoms with Gasteiger partial charge in [0, 0.05) is 6.04 Å². The maximum atomic E-state index is 12.4. The van der Waals surface area contributed by atoms with Gasteiger partial charge >= 0.3 is 0 Å². The molecule has 1 saturated carbocycles. The summed E-state index contributed by atoms with van der Waals surface area (Å²) in [7, 11) is 0. The van der Waals surface area contributed by atoms with E-state index in [4.69, 9.17) is 0 Å². The van der Waals surface area contributed by atoms with Crippen molar-refractivity contribution >= 4 is 5.91 Å². The smallest absolute Gasteiger partial charge is 0.240 e. The van der Waals surface area contributed by atoms with E-state index in [1.54, 1.807) is 0 Å². The van der Waals surface area contributed by atoms with Crippen molar-refractivity contribution in [1.82, 2.24) is 10.2 Å². The summed E-state index contributed by atoms with van der Waals surface area (Å²) < 4.78 is 0. The Morgan fingerprint density at radius 1 is 1.28 bits per heavy atom. The molecular weight excluding hydrogens is 224 g/mol. The average Bonchev–Trinajstić information content (AvgIpc) is 2.72. The van der Waals surface area contributed by atoms with Gasteiger partial charge in [0.05, 0.1) is 12.2 Å². The molecule has 3 nitrogen and oxygen atoms in total. The van der Waals surface area contributed by atoms with Gasteiger partial charge in [0.15, 0.2) is 0 Å². The van der Waals surface area contributed by atoms with Gasteiger partial charge in [-0.2, -0.15) is 0 Å². The first-order valence-electron chi connectivity index (χ1n) is 7.50. The molecule has 0 aromatic rings. The number of hydrogen-bond acceptors (Lipinski definition) is 2. The predicted molar refractivity (Wildman–Crippen MR) is 74.0 cm³/mol. The van der Waals surface area contributed by atoms with Crippen molar-refractivity contribution in [1.29, 1.82) is 0 Å². The van der Waals surface area contributed by atoms with Crippen molar-refractivity contribution in [3.8, 4) is 0 Å². The summed E-state index contributed by atoms with van der Waals surface area (Å²) >= 11 is 0. The van der Waals surface area contributed by atoms with Gasteiger partial charge in [-0.05, 0) is 43.9 Å². The highest BCUT2D eigenvalue weighted by Crippen LogP contribution is 2.37. The lowest BCUT2D eigenvalue weighted by Gasteiger charge is -2.34. The van der Waals surface area contributed by atoms with Crippen LogP contribution in [0.5, 0.6) is 0 Å². The minimum atomic E-state index is -0.00291. The van der Waals surface area contributed by atoms with Crippen molar-refractivity contribution in [2.75, 3.05) is 0 Å². The molecule has 1 aliphatic heterocycles. The molecule has 0 bridgehead atoms. The third-order valence-corrected chi connectivity index (χ3v) is 4.88. The van der Waals surface area contributed by atoms with E-state index in [0.717, 1.165) is 12.3 Å². The Morgan fingerprint density at radius 2 is 1.94 bits per heavy atom. The quantitative estimate of drug-likeness (QED) is 0.837. The van der Waals surface area contributed by atoms with Crippen molar-refractivity contribution in [3.05, 3.63) is 0 Å². The number of nitrogens with zero attached hydrogens (tertiary/aromatic N) is 1. The highest BCUT2D eigenvalue weighted by Gasteiger charge is 2.45. The van der Waals surface area contributed by atoms with Crippen LogP contribution in [-0.4, -0.2) is 29.1 Å². The highest BCUT2D eigenvalue weighted by atomic mass is 16.2. The van der Waals surface area contributed by atoms with Crippen LogP contribution in [0, 0.1) is 17.8 Å². The molecule has 5 unspecified atom stereocenters. The number of rotatable bonds is 3. The molecule has 18 heavy (non-hydrogen) atoms. The summed E-state index contributed by atoms with van der Waals surface area (Å²) in [4.78, 5) is 14.6. The molecule has 2 rings (SSSR count). The second-order valence-electron chi connectivity index (χ2n) is 6.76. The SMILES string of the molecule is CC(C)CC1NC(C)C(=O)N1C1CCC(C)C1C. The maximum Gasteiger partial charge on any atom is 0.240 e. The monoisotopic (exact) mass is 252 g/mol. The lowest BCUT2D eigenvalue weighted by atomic mass is 9.96. The van der Waals surface area contributed by atoms with Crippen LogP contribution >= 0.6 is 0 Å². The lowest BCUT2D eigenvalue weighted by Crippen LogP contribution is -2.46. The largest absolute Gasteiger partial charge is 0.323 e. The van der Waals surface area contributed by atoms with Crippen LogP contribution in [0.2, 0.25) is 0 Å². The Balaban J connectivity index is 2.14. The van der Waals surface area contributed by atoms with E-state index in [2.05, 4.69) is 37.9 Å². The average molecular weight is 252 g/mol. The molecule has 1 saturated heterocycles. The van der Waals surface area contributed by atoms with Gasteiger partial charge in [-0.1, -0.05) is 27.7 Å². The normalized spacial score (nSPS) is 41.1. The Kier molecular flexibility index (Phi) is 4.00. The molecule has 5 atom stereocenters. The zero-order valence-corrected chi connectivity index (χ0v) is 12.4. The van der Waals surface area contributed by atoms with Crippen molar-refractivity contribution in [2.45, 2.75) is 72.1 Å². The first-order chi connectivity index (χ1) is 8.41. The fourth-order valence-corrected chi connectivity index (χ4v) is 3.57. The minimum Gasteiger partial charge on any atom is -0.323 e. The fourth-order valence-electron chi connectivity index (χ4n) is 3.57. The summed E-state index contributed by atoms with van der Waals surface area (Å²) in [6.45, 7) is 11.1. The molecular formula is C15H28N2O. The molecule has 1 aliphatic carbocycles. The molecule has 2 aliphatic rings. The van der Waals surface area contributed by atoms with Crippen molar-refractivity contribution in [3.63, 3.8) is 0 Å². The van der Waals surface area contributed by atoms with Gasteiger partial charge in [0.2, 0.25) is 5.91 Å². The van der Waals surface area contributed by atoms with Gasteiger partial charge in [-0.15, -0.1) is 0 Å². The summed E-state index contributed by atoms with van der Waals surface area (Å²) in [6.07, 6.45) is 3.76. The van der Waals surface area contributed by atoms with E-state index in [1.165, 1.54) is 12.8 Å². The summed E-state index contributed by atoms with van der Waals surface area (Å²) in [5, 5.41) is 3.47. The van der Waals surface area contributed by atoms with E-state index >= 15 is 0 Å². The first-order valence-corrected chi connectivity index (χ1v) is 7.50. The number of carbonyl (C=O) groups excluding carboxylic acids is 1. The number of amides is 1. The summed E-state index contributed by atoms with van der Waals surface area (Å²) in [6, 6.07) is 0.450. The summed E-state index contributed by atoms with van der Waals surface area (Å²) in [5.74, 6) is 2.32. The fraction of sp³-hybridized carbons (Fsp3) is 0.933. The molecule has 0 spiro atoms. The molecule has 0 aromatic heterocycles.